The summed E-state index contributed by atoms with van der Waals surface area (Å²) >= 11 is 0. The number of H-pyrrole nitrogens is 3. The molecule has 4 N–H and O–H groups in total. The third-order valence-electron chi connectivity index (χ3n) is 7.80. The summed E-state index contributed by atoms with van der Waals surface area (Å²) in [6.07, 6.45) is 11.0. The van der Waals surface area contributed by atoms with Crippen molar-refractivity contribution in [2.24, 2.45) is 0 Å². The fourth-order valence-corrected chi connectivity index (χ4v) is 5.73. The van der Waals surface area contributed by atoms with Crippen molar-refractivity contribution >= 4 is 11.0 Å². The predicted molar refractivity (Wildman–Crippen MR) is 144 cm³/mol. The molecule has 1 saturated carbocycles. The average Bonchev–Trinajstić information content (AvgIpc) is 3.75. The van der Waals surface area contributed by atoms with Crippen LogP contribution < -0.4 is 10.9 Å². The Morgan fingerprint density at radius 1 is 0.730 bits per heavy atom. The molecule has 4 heterocycles. The molecular formula is C29H29N7O. The molecule has 2 fully saturated rings. The van der Waals surface area contributed by atoms with Crippen molar-refractivity contribution in [3.8, 4) is 33.8 Å². The average molecular weight is 492 g/mol. The van der Waals surface area contributed by atoms with Crippen molar-refractivity contribution in [2.45, 2.75) is 50.5 Å². The van der Waals surface area contributed by atoms with E-state index in [1.54, 1.807) is 0 Å². The minimum absolute atomic E-state index is 0.204. The van der Waals surface area contributed by atoms with Crippen LogP contribution in [0.4, 0.5) is 0 Å². The van der Waals surface area contributed by atoms with Crippen molar-refractivity contribution in [3.63, 3.8) is 0 Å². The lowest BCUT2D eigenvalue weighted by molar-refractivity contribution is 0.613. The highest BCUT2D eigenvalue weighted by molar-refractivity contribution is 5.82. The van der Waals surface area contributed by atoms with E-state index >= 15 is 0 Å². The molecule has 3 aromatic heterocycles. The number of hydrogen-bond acceptors (Lipinski definition) is 5. The third-order valence-corrected chi connectivity index (χ3v) is 7.80. The monoisotopic (exact) mass is 491 g/mol. The zero-order valence-corrected chi connectivity index (χ0v) is 20.6. The number of aromatic amines is 3. The molecule has 0 bridgehead atoms. The summed E-state index contributed by atoms with van der Waals surface area (Å²) in [4.78, 5) is 36.9. The fourth-order valence-electron chi connectivity index (χ4n) is 5.73. The second-order valence-electron chi connectivity index (χ2n) is 10.2. The number of imidazole rings is 2. The molecule has 1 aliphatic carbocycles. The van der Waals surface area contributed by atoms with Gasteiger partial charge >= 0.3 is 0 Å². The van der Waals surface area contributed by atoms with Crippen LogP contribution in [0.5, 0.6) is 0 Å². The molecule has 2 aliphatic rings. The van der Waals surface area contributed by atoms with Gasteiger partial charge in [0.15, 0.2) is 0 Å². The number of nitrogens with zero attached hydrogens (tertiary/aromatic N) is 3. The maximum atomic E-state index is 13.0. The Morgan fingerprint density at radius 3 is 2.22 bits per heavy atom. The molecule has 1 saturated heterocycles. The van der Waals surface area contributed by atoms with Gasteiger partial charge in [0.05, 0.1) is 40.9 Å². The number of benzene rings is 2. The molecule has 2 aromatic carbocycles. The van der Waals surface area contributed by atoms with Gasteiger partial charge in [0.25, 0.3) is 5.56 Å². The van der Waals surface area contributed by atoms with Crippen LogP contribution >= 0.6 is 0 Å². The van der Waals surface area contributed by atoms with E-state index in [1.165, 1.54) is 32.1 Å². The summed E-state index contributed by atoms with van der Waals surface area (Å²) in [6.45, 7) is 1.04. The van der Waals surface area contributed by atoms with E-state index in [0.717, 1.165) is 58.2 Å². The highest BCUT2D eigenvalue weighted by atomic mass is 16.1. The van der Waals surface area contributed by atoms with Crippen LogP contribution in [0.2, 0.25) is 0 Å². The molecule has 8 nitrogen and oxygen atoms in total. The second-order valence-corrected chi connectivity index (χ2v) is 10.2. The Bertz CT molecular complexity index is 1620. The first-order chi connectivity index (χ1) is 18.2. The summed E-state index contributed by atoms with van der Waals surface area (Å²) in [7, 11) is 0. The first kappa shape index (κ1) is 22.2. The van der Waals surface area contributed by atoms with Crippen LogP contribution in [-0.4, -0.2) is 36.4 Å². The molecular weight excluding hydrogens is 462 g/mol. The Kier molecular flexibility index (Phi) is 5.47. The van der Waals surface area contributed by atoms with E-state index in [-0.39, 0.29) is 5.56 Å². The van der Waals surface area contributed by atoms with Crippen molar-refractivity contribution < 1.29 is 0 Å². The number of rotatable bonds is 5. The van der Waals surface area contributed by atoms with E-state index in [1.807, 2.05) is 54.9 Å². The van der Waals surface area contributed by atoms with E-state index in [9.17, 15) is 4.79 Å². The number of fused-ring (bicyclic) bond motifs is 1. The molecule has 0 amide bonds. The van der Waals surface area contributed by atoms with Crippen LogP contribution in [0, 0.1) is 0 Å². The van der Waals surface area contributed by atoms with Crippen LogP contribution in [0.3, 0.4) is 0 Å². The maximum absolute atomic E-state index is 13.0. The van der Waals surface area contributed by atoms with Gasteiger partial charge in [-0.2, -0.15) is 0 Å². The lowest BCUT2D eigenvalue weighted by Crippen LogP contribution is -2.14. The van der Waals surface area contributed by atoms with Crippen molar-refractivity contribution in [3.05, 3.63) is 76.9 Å². The van der Waals surface area contributed by atoms with Gasteiger partial charge in [-0.25, -0.2) is 15.0 Å². The largest absolute Gasteiger partial charge is 0.342 e. The molecule has 186 valence electrons. The van der Waals surface area contributed by atoms with Gasteiger partial charge in [0.2, 0.25) is 0 Å². The third kappa shape index (κ3) is 4.17. The van der Waals surface area contributed by atoms with Gasteiger partial charge < -0.3 is 20.3 Å². The summed E-state index contributed by atoms with van der Waals surface area (Å²) in [6, 6.07) is 14.1. The highest BCUT2D eigenvalue weighted by Gasteiger charge is 2.21. The minimum atomic E-state index is -0.204. The topological polar surface area (TPSA) is 115 Å². The maximum Gasteiger partial charge on any atom is 0.274 e. The lowest BCUT2D eigenvalue weighted by atomic mass is 10.1. The molecule has 7 rings (SSSR count). The lowest BCUT2D eigenvalue weighted by Gasteiger charge is -2.07. The summed E-state index contributed by atoms with van der Waals surface area (Å²) in [5, 5.41) is 3.47. The number of aromatic nitrogens is 6. The van der Waals surface area contributed by atoms with Crippen molar-refractivity contribution in [2.75, 3.05) is 6.54 Å². The first-order valence-electron chi connectivity index (χ1n) is 13.2. The van der Waals surface area contributed by atoms with E-state index < -0.39 is 0 Å². The molecule has 0 unspecified atom stereocenters. The SMILES string of the molecule is O=c1[nH]c2cc(-c3cnc(C4CCCC4)[nH]3)ccc2nc1-c1ccc(-c2cnc([C@@H]3CCCN3)[nH]2)cc1. The van der Waals surface area contributed by atoms with Crippen LogP contribution in [0.25, 0.3) is 44.8 Å². The van der Waals surface area contributed by atoms with Gasteiger partial charge in [0, 0.05) is 17.0 Å². The molecule has 37 heavy (non-hydrogen) atoms. The number of hydrogen-bond donors (Lipinski definition) is 4. The van der Waals surface area contributed by atoms with Crippen LogP contribution in [0.1, 0.15) is 62.1 Å². The molecule has 1 aliphatic heterocycles. The van der Waals surface area contributed by atoms with E-state index in [4.69, 9.17) is 4.98 Å². The smallest absolute Gasteiger partial charge is 0.274 e. The van der Waals surface area contributed by atoms with Gasteiger partial charge in [0.1, 0.15) is 17.3 Å². The molecule has 8 heteroatoms. The number of nitrogens with one attached hydrogen (secondary N) is 4. The zero-order valence-electron chi connectivity index (χ0n) is 20.6. The summed E-state index contributed by atoms with van der Waals surface area (Å²) in [5.41, 5.74) is 6.41. The minimum Gasteiger partial charge on any atom is -0.342 e. The molecule has 0 radical (unpaired) electrons. The Morgan fingerprint density at radius 2 is 1.43 bits per heavy atom. The summed E-state index contributed by atoms with van der Waals surface area (Å²) < 4.78 is 0. The first-order valence-corrected chi connectivity index (χ1v) is 13.2. The second kappa shape index (κ2) is 9.12. The van der Waals surface area contributed by atoms with E-state index in [2.05, 4.69) is 30.2 Å². The van der Waals surface area contributed by atoms with Crippen molar-refractivity contribution in [1.29, 1.82) is 0 Å². The quantitative estimate of drug-likeness (QED) is 0.261. The van der Waals surface area contributed by atoms with E-state index in [0.29, 0.717) is 23.2 Å². The molecule has 0 spiro atoms. The zero-order chi connectivity index (χ0) is 24.8. The van der Waals surface area contributed by atoms with Crippen LogP contribution in [-0.2, 0) is 0 Å². The standard InChI is InChI=1S/C29H29N7O/c37-29-26(18-9-7-17(8-10-18)24-15-32-28(35-24)22-6-3-13-30-22)33-21-12-11-20(14-23(21)36-29)25-16-31-27(34-25)19-4-1-2-5-19/h7-12,14-16,19,22,30H,1-6,13H2,(H,31,34)(H,32,35)(H,36,37)/t22-/m0/s1. The highest BCUT2D eigenvalue weighted by Crippen LogP contribution is 2.33. The molecule has 1 atom stereocenters. The normalized spacial score (nSPS) is 18.2. The van der Waals surface area contributed by atoms with Crippen molar-refractivity contribution in [1.82, 2.24) is 35.2 Å². The Hall–Kier alpha value is -4.04. The Balaban J connectivity index is 1.15. The predicted octanol–water partition coefficient (Wildman–Crippen LogP) is 5.45. The fraction of sp³-hybridized carbons (Fsp3) is 0.310. The van der Waals surface area contributed by atoms with Gasteiger partial charge in [-0.05, 0) is 49.9 Å². The van der Waals surface area contributed by atoms with Gasteiger partial charge in [-0.3, -0.25) is 4.79 Å². The van der Waals surface area contributed by atoms with Gasteiger partial charge in [-0.1, -0.05) is 43.2 Å². The van der Waals surface area contributed by atoms with Crippen LogP contribution in [0.15, 0.2) is 59.7 Å². The van der Waals surface area contributed by atoms with Gasteiger partial charge in [-0.15, -0.1) is 0 Å². The summed E-state index contributed by atoms with van der Waals surface area (Å²) in [5.74, 6) is 2.58. The molecule has 5 aromatic rings. The Labute approximate surface area is 214 Å².